The minimum atomic E-state index is 0.0328. The van der Waals surface area contributed by atoms with Gasteiger partial charge in [-0.05, 0) is 30.0 Å². The van der Waals surface area contributed by atoms with E-state index < -0.39 is 0 Å². The van der Waals surface area contributed by atoms with E-state index in [9.17, 15) is 9.90 Å². The second kappa shape index (κ2) is 5.69. The van der Waals surface area contributed by atoms with Crippen LogP contribution < -0.4 is 0 Å². The van der Waals surface area contributed by atoms with Crippen LogP contribution in [0.2, 0.25) is 0 Å². The van der Waals surface area contributed by atoms with E-state index in [0.717, 1.165) is 18.4 Å². The molecule has 0 unspecified atom stereocenters. The van der Waals surface area contributed by atoms with Crippen LogP contribution >= 0.6 is 0 Å². The molecule has 2 heteroatoms. The lowest BCUT2D eigenvalue weighted by atomic mass is 9.98. The summed E-state index contributed by atoms with van der Waals surface area (Å²) in [5.74, 6) is 0.456. The van der Waals surface area contributed by atoms with Gasteiger partial charge in [-0.15, -0.1) is 0 Å². The van der Waals surface area contributed by atoms with Crippen LogP contribution in [0.3, 0.4) is 0 Å². The topological polar surface area (TPSA) is 37.3 Å². The van der Waals surface area contributed by atoms with E-state index >= 15 is 0 Å². The van der Waals surface area contributed by atoms with Crippen LogP contribution in [-0.2, 0) is 6.42 Å². The van der Waals surface area contributed by atoms with Crippen LogP contribution in [0.25, 0.3) is 0 Å². The number of hydrogen-bond acceptors (Lipinski definition) is 2. The largest absolute Gasteiger partial charge is 0.507 e. The zero-order valence-electron chi connectivity index (χ0n) is 10.3. The number of Topliss-reactive ketones (excluding diaryl/α,β-unsaturated/α-hetero) is 1. The SMILES string of the molecule is CCCc1ccc(O)c(C(=O)CC(C)C)c1. The van der Waals surface area contributed by atoms with E-state index in [-0.39, 0.29) is 11.5 Å². The van der Waals surface area contributed by atoms with E-state index in [4.69, 9.17) is 0 Å². The number of phenols is 1. The molecule has 0 bridgehead atoms. The Morgan fingerprint density at radius 3 is 2.62 bits per heavy atom. The summed E-state index contributed by atoms with van der Waals surface area (Å²) in [6, 6.07) is 5.33. The molecule has 0 aliphatic rings. The molecule has 1 rings (SSSR count). The fraction of sp³-hybridized carbons (Fsp3) is 0.500. The lowest BCUT2D eigenvalue weighted by Crippen LogP contribution is -2.04. The highest BCUT2D eigenvalue weighted by Crippen LogP contribution is 2.22. The molecule has 0 saturated carbocycles. The van der Waals surface area contributed by atoms with Crippen LogP contribution in [0, 0.1) is 5.92 Å². The average Bonchev–Trinajstić information content (AvgIpc) is 2.20. The van der Waals surface area contributed by atoms with Crippen molar-refractivity contribution >= 4 is 5.78 Å². The molecule has 0 aliphatic heterocycles. The van der Waals surface area contributed by atoms with Gasteiger partial charge in [0, 0.05) is 6.42 Å². The normalized spacial score (nSPS) is 10.8. The van der Waals surface area contributed by atoms with E-state index in [1.165, 1.54) is 0 Å². The molecule has 0 aromatic heterocycles. The van der Waals surface area contributed by atoms with Crippen molar-refractivity contribution in [3.63, 3.8) is 0 Å². The van der Waals surface area contributed by atoms with Crippen molar-refractivity contribution < 1.29 is 9.90 Å². The molecular formula is C14H20O2. The monoisotopic (exact) mass is 220 g/mol. The number of rotatable bonds is 5. The highest BCUT2D eigenvalue weighted by molar-refractivity contribution is 5.98. The Morgan fingerprint density at radius 1 is 1.38 bits per heavy atom. The molecular weight excluding hydrogens is 200 g/mol. The summed E-state index contributed by atoms with van der Waals surface area (Å²) in [7, 11) is 0. The molecule has 1 aromatic rings. The zero-order chi connectivity index (χ0) is 12.1. The predicted molar refractivity (Wildman–Crippen MR) is 65.9 cm³/mol. The Balaban J connectivity index is 2.93. The Labute approximate surface area is 97.3 Å². The Morgan fingerprint density at radius 2 is 2.06 bits per heavy atom. The zero-order valence-corrected chi connectivity index (χ0v) is 10.3. The van der Waals surface area contributed by atoms with Crippen molar-refractivity contribution in [3.8, 4) is 5.75 Å². The quantitative estimate of drug-likeness (QED) is 0.770. The first kappa shape index (κ1) is 12.8. The first-order valence-corrected chi connectivity index (χ1v) is 5.89. The molecule has 88 valence electrons. The minimum absolute atomic E-state index is 0.0328. The molecule has 1 N–H and O–H groups in total. The van der Waals surface area contributed by atoms with Gasteiger partial charge in [-0.3, -0.25) is 4.79 Å². The van der Waals surface area contributed by atoms with Crippen LogP contribution in [0.4, 0.5) is 0 Å². The van der Waals surface area contributed by atoms with Crippen molar-refractivity contribution in [1.29, 1.82) is 0 Å². The third-order valence-corrected chi connectivity index (χ3v) is 2.49. The summed E-state index contributed by atoms with van der Waals surface area (Å²) in [4.78, 5) is 11.9. The molecule has 2 nitrogen and oxygen atoms in total. The number of benzene rings is 1. The van der Waals surface area contributed by atoms with Gasteiger partial charge in [0.15, 0.2) is 5.78 Å². The van der Waals surface area contributed by atoms with Gasteiger partial charge < -0.3 is 5.11 Å². The number of aromatic hydroxyl groups is 1. The predicted octanol–water partition coefficient (Wildman–Crippen LogP) is 3.57. The fourth-order valence-corrected chi connectivity index (χ4v) is 1.73. The molecule has 0 heterocycles. The Bertz CT molecular complexity index is 367. The highest BCUT2D eigenvalue weighted by Gasteiger charge is 2.13. The number of phenolic OH excluding ortho intramolecular Hbond substituents is 1. The first-order chi connectivity index (χ1) is 7.54. The first-order valence-electron chi connectivity index (χ1n) is 5.89. The molecule has 0 fully saturated rings. The van der Waals surface area contributed by atoms with E-state index in [2.05, 4.69) is 6.92 Å². The van der Waals surface area contributed by atoms with Gasteiger partial charge in [0.2, 0.25) is 0 Å². The van der Waals surface area contributed by atoms with Crippen molar-refractivity contribution in [1.82, 2.24) is 0 Å². The van der Waals surface area contributed by atoms with Crippen LogP contribution in [0.1, 0.15) is 49.5 Å². The van der Waals surface area contributed by atoms with Crippen molar-refractivity contribution in [3.05, 3.63) is 29.3 Å². The molecule has 0 amide bonds. The summed E-state index contributed by atoms with van der Waals surface area (Å²) < 4.78 is 0. The van der Waals surface area contributed by atoms with Gasteiger partial charge in [0.1, 0.15) is 5.75 Å². The third-order valence-electron chi connectivity index (χ3n) is 2.49. The molecule has 16 heavy (non-hydrogen) atoms. The summed E-state index contributed by atoms with van der Waals surface area (Å²) in [5, 5.41) is 9.67. The van der Waals surface area contributed by atoms with Crippen molar-refractivity contribution in [2.24, 2.45) is 5.92 Å². The van der Waals surface area contributed by atoms with E-state index in [1.807, 2.05) is 26.0 Å². The Kier molecular flexibility index (Phi) is 4.53. The lowest BCUT2D eigenvalue weighted by Gasteiger charge is -2.08. The smallest absolute Gasteiger partial charge is 0.166 e. The maximum atomic E-state index is 11.9. The van der Waals surface area contributed by atoms with Gasteiger partial charge >= 0.3 is 0 Å². The second-order valence-corrected chi connectivity index (χ2v) is 4.62. The second-order valence-electron chi connectivity index (χ2n) is 4.62. The van der Waals surface area contributed by atoms with Crippen molar-refractivity contribution in [2.45, 2.75) is 40.0 Å². The summed E-state index contributed by atoms with van der Waals surface area (Å²) in [6.45, 7) is 6.11. The van der Waals surface area contributed by atoms with E-state index in [1.54, 1.807) is 6.07 Å². The summed E-state index contributed by atoms with van der Waals surface area (Å²) in [5.41, 5.74) is 1.59. The van der Waals surface area contributed by atoms with Crippen LogP contribution in [0.5, 0.6) is 5.75 Å². The van der Waals surface area contributed by atoms with Gasteiger partial charge in [0.25, 0.3) is 0 Å². The number of aryl methyl sites for hydroxylation is 1. The van der Waals surface area contributed by atoms with Gasteiger partial charge in [-0.2, -0.15) is 0 Å². The molecule has 0 saturated heterocycles. The highest BCUT2D eigenvalue weighted by atomic mass is 16.3. The standard InChI is InChI=1S/C14H20O2/c1-4-5-11-6-7-13(15)12(9-11)14(16)8-10(2)3/h6-7,9-10,15H,4-5,8H2,1-3H3. The number of carbonyl (C=O) groups excluding carboxylic acids is 1. The van der Waals surface area contributed by atoms with E-state index in [0.29, 0.717) is 17.9 Å². The molecule has 1 aromatic carbocycles. The fourth-order valence-electron chi connectivity index (χ4n) is 1.73. The minimum Gasteiger partial charge on any atom is -0.507 e. The average molecular weight is 220 g/mol. The number of ketones is 1. The maximum absolute atomic E-state index is 11.9. The molecule has 0 aliphatic carbocycles. The van der Waals surface area contributed by atoms with Gasteiger partial charge in [-0.25, -0.2) is 0 Å². The molecule has 0 atom stereocenters. The molecule has 0 radical (unpaired) electrons. The summed E-state index contributed by atoms with van der Waals surface area (Å²) in [6.07, 6.45) is 2.48. The summed E-state index contributed by atoms with van der Waals surface area (Å²) >= 11 is 0. The number of hydrogen-bond donors (Lipinski definition) is 1. The van der Waals surface area contributed by atoms with Crippen LogP contribution in [-0.4, -0.2) is 10.9 Å². The molecule has 0 spiro atoms. The Hall–Kier alpha value is -1.31. The third kappa shape index (κ3) is 3.37. The van der Waals surface area contributed by atoms with Crippen LogP contribution in [0.15, 0.2) is 18.2 Å². The van der Waals surface area contributed by atoms with Gasteiger partial charge in [0.05, 0.1) is 5.56 Å². The van der Waals surface area contributed by atoms with Crippen molar-refractivity contribution in [2.75, 3.05) is 0 Å². The van der Waals surface area contributed by atoms with Gasteiger partial charge in [-0.1, -0.05) is 33.3 Å². The maximum Gasteiger partial charge on any atom is 0.166 e. The lowest BCUT2D eigenvalue weighted by molar-refractivity contribution is 0.0965. The number of carbonyl (C=O) groups is 1.